The SMILES string of the molecule is COc1ccc2c(c1)OCC(C1Nc3ccccc3C(=O)N1Cc1ccco1)=C2. The zero-order valence-electron chi connectivity index (χ0n) is 15.9. The maximum atomic E-state index is 13.3. The fourth-order valence-electron chi connectivity index (χ4n) is 3.77. The van der Waals surface area contributed by atoms with Crippen molar-refractivity contribution in [2.75, 3.05) is 19.0 Å². The molecule has 2 aliphatic heterocycles. The van der Waals surface area contributed by atoms with Crippen molar-refractivity contribution in [1.82, 2.24) is 4.90 Å². The van der Waals surface area contributed by atoms with Crippen molar-refractivity contribution in [1.29, 1.82) is 0 Å². The Balaban J connectivity index is 1.54. The predicted molar refractivity (Wildman–Crippen MR) is 109 cm³/mol. The van der Waals surface area contributed by atoms with Crippen LogP contribution < -0.4 is 14.8 Å². The number of fused-ring (bicyclic) bond motifs is 2. The first-order chi connectivity index (χ1) is 14.2. The van der Waals surface area contributed by atoms with Gasteiger partial charge in [0, 0.05) is 22.9 Å². The smallest absolute Gasteiger partial charge is 0.258 e. The lowest BCUT2D eigenvalue weighted by molar-refractivity contribution is 0.0674. The van der Waals surface area contributed by atoms with Gasteiger partial charge < -0.3 is 24.1 Å². The van der Waals surface area contributed by atoms with Gasteiger partial charge in [-0.2, -0.15) is 0 Å². The zero-order valence-corrected chi connectivity index (χ0v) is 15.9. The fraction of sp³-hybridized carbons (Fsp3) is 0.174. The second-order valence-electron chi connectivity index (χ2n) is 7.02. The highest BCUT2D eigenvalue weighted by molar-refractivity contribution is 6.02. The summed E-state index contributed by atoms with van der Waals surface area (Å²) in [6.07, 6.45) is 3.36. The van der Waals surface area contributed by atoms with Gasteiger partial charge >= 0.3 is 0 Å². The van der Waals surface area contributed by atoms with Gasteiger partial charge in [0.15, 0.2) is 0 Å². The van der Waals surface area contributed by atoms with E-state index in [4.69, 9.17) is 13.9 Å². The molecule has 1 aromatic heterocycles. The summed E-state index contributed by atoms with van der Waals surface area (Å²) in [4.78, 5) is 15.1. The van der Waals surface area contributed by atoms with Crippen LogP contribution in [0.5, 0.6) is 11.5 Å². The maximum absolute atomic E-state index is 13.3. The normalized spacial score (nSPS) is 17.6. The van der Waals surface area contributed by atoms with Crippen LogP contribution in [0.15, 0.2) is 70.9 Å². The van der Waals surface area contributed by atoms with E-state index >= 15 is 0 Å². The monoisotopic (exact) mass is 388 g/mol. The van der Waals surface area contributed by atoms with Crippen molar-refractivity contribution in [3.05, 3.63) is 83.3 Å². The fourth-order valence-corrected chi connectivity index (χ4v) is 3.77. The van der Waals surface area contributed by atoms with Crippen LogP contribution in [0.1, 0.15) is 21.7 Å². The maximum Gasteiger partial charge on any atom is 0.258 e. The van der Waals surface area contributed by atoms with Crippen molar-refractivity contribution in [2.24, 2.45) is 0 Å². The summed E-state index contributed by atoms with van der Waals surface area (Å²) in [5.74, 6) is 2.21. The summed E-state index contributed by atoms with van der Waals surface area (Å²) in [5, 5.41) is 3.50. The zero-order chi connectivity index (χ0) is 19.8. The summed E-state index contributed by atoms with van der Waals surface area (Å²) in [6.45, 7) is 0.743. The van der Waals surface area contributed by atoms with Crippen LogP contribution in [-0.2, 0) is 6.54 Å². The molecule has 1 N–H and O–H groups in total. The Morgan fingerprint density at radius 3 is 2.90 bits per heavy atom. The first-order valence-electron chi connectivity index (χ1n) is 9.43. The molecule has 1 unspecified atom stereocenters. The van der Waals surface area contributed by atoms with Crippen molar-refractivity contribution in [3.8, 4) is 11.5 Å². The van der Waals surface area contributed by atoms with E-state index in [0.717, 1.165) is 34.1 Å². The number of carbonyl (C=O) groups excluding carboxylic acids is 1. The van der Waals surface area contributed by atoms with Gasteiger partial charge in [-0.15, -0.1) is 0 Å². The van der Waals surface area contributed by atoms with Gasteiger partial charge in [0.25, 0.3) is 5.91 Å². The Hall–Kier alpha value is -3.67. The second-order valence-corrected chi connectivity index (χ2v) is 7.02. The van der Waals surface area contributed by atoms with Crippen LogP contribution in [0.3, 0.4) is 0 Å². The molecular formula is C23H20N2O4. The molecule has 2 aliphatic rings. The minimum absolute atomic E-state index is 0.0397. The molecule has 1 atom stereocenters. The highest BCUT2D eigenvalue weighted by Gasteiger charge is 2.35. The Labute approximate surface area is 168 Å². The summed E-state index contributed by atoms with van der Waals surface area (Å²) < 4.78 is 16.8. The molecule has 0 bridgehead atoms. The van der Waals surface area contributed by atoms with E-state index in [1.165, 1.54) is 0 Å². The van der Waals surface area contributed by atoms with Crippen LogP contribution in [-0.4, -0.2) is 30.7 Å². The van der Waals surface area contributed by atoms with Crippen molar-refractivity contribution in [2.45, 2.75) is 12.7 Å². The molecule has 146 valence electrons. The first kappa shape index (κ1) is 17.4. The second kappa shape index (κ2) is 7.05. The van der Waals surface area contributed by atoms with Gasteiger partial charge in [-0.3, -0.25) is 4.79 Å². The molecule has 5 rings (SSSR count). The summed E-state index contributed by atoms with van der Waals surface area (Å²) in [6, 6.07) is 17.0. The van der Waals surface area contributed by atoms with Crippen LogP contribution in [0.2, 0.25) is 0 Å². The lowest BCUT2D eigenvalue weighted by atomic mass is 10.00. The lowest BCUT2D eigenvalue weighted by Gasteiger charge is -2.39. The van der Waals surface area contributed by atoms with E-state index < -0.39 is 0 Å². The standard InChI is InChI=1S/C23H20N2O4/c1-27-17-9-8-15-11-16(14-29-21(15)12-17)22-24-20-7-3-2-6-19(20)23(26)25(22)13-18-5-4-10-28-18/h2-12,22,24H,13-14H2,1H3. The van der Waals surface area contributed by atoms with E-state index in [1.807, 2.05) is 54.6 Å². The van der Waals surface area contributed by atoms with Crippen LogP contribution in [0, 0.1) is 0 Å². The van der Waals surface area contributed by atoms with E-state index in [1.54, 1.807) is 18.3 Å². The Morgan fingerprint density at radius 1 is 1.17 bits per heavy atom. The van der Waals surface area contributed by atoms with Gasteiger partial charge in [-0.1, -0.05) is 12.1 Å². The average Bonchev–Trinajstić information content (AvgIpc) is 3.28. The summed E-state index contributed by atoms with van der Waals surface area (Å²) >= 11 is 0. The summed E-state index contributed by atoms with van der Waals surface area (Å²) in [7, 11) is 1.63. The molecule has 0 saturated heterocycles. The quantitative estimate of drug-likeness (QED) is 0.727. The number of hydrogen-bond acceptors (Lipinski definition) is 5. The molecule has 3 aromatic rings. The molecule has 6 heteroatoms. The number of nitrogens with zero attached hydrogens (tertiary/aromatic N) is 1. The molecule has 0 aliphatic carbocycles. The number of para-hydroxylation sites is 1. The summed E-state index contributed by atoms with van der Waals surface area (Å²) in [5.41, 5.74) is 3.40. The van der Waals surface area contributed by atoms with Gasteiger partial charge in [0.1, 0.15) is 30.0 Å². The van der Waals surface area contributed by atoms with Crippen molar-refractivity contribution < 1.29 is 18.7 Å². The Bertz CT molecular complexity index is 1090. The average molecular weight is 388 g/mol. The molecule has 0 spiro atoms. The lowest BCUT2D eigenvalue weighted by Crippen LogP contribution is -2.50. The molecular weight excluding hydrogens is 368 g/mol. The topological polar surface area (TPSA) is 63.9 Å². The minimum Gasteiger partial charge on any atom is -0.497 e. The van der Waals surface area contributed by atoms with Crippen LogP contribution in [0.25, 0.3) is 6.08 Å². The van der Waals surface area contributed by atoms with E-state index in [-0.39, 0.29) is 12.1 Å². The molecule has 0 saturated carbocycles. The number of benzene rings is 2. The number of anilines is 1. The van der Waals surface area contributed by atoms with Gasteiger partial charge in [-0.05, 0) is 42.5 Å². The number of ether oxygens (including phenoxy) is 2. The van der Waals surface area contributed by atoms with Crippen molar-refractivity contribution in [3.63, 3.8) is 0 Å². The highest BCUT2D eigenvalue weighted by atomic mass is 16.5. The number of rotatable bonds is 4. The molecule has 29 heavy (non-hydrogen) atoms. The van der Waals surface area contributed by atoms with Crippen LogP contribution in [0.4, 0.5) is 5.69 Å². The van der Waals surface area contributed by atoms with E-state index in [0.29, 0.717) is 18.7 Å². The number of furan rings is 1. The number of carbonyl (C=O) groups is 1. The minimum atomic E-state index is -0.335. The van der Waals surface area contributed by atoms with Gasteiger partial charge in [-0.25, -0.2) is 0 Å². The largest absolute Gasteiger partial charge is 0.497 e. The molecule has 3 heterocycles. The van der Waals surface area contributed by atoms with E-state index in [2.05, 4.69) is 11.4 Å². The van der Waals surface area contributed by atoms with Gasteiger partial charge in [0.05, 0.1) is 25.5 Å². The van der Waals surface area contributed by atoms with E-state index in [9.17, 15) is 4.79 Å². The third kappa shape index (κ3) is 3.12. The number of methoxy groups -OCH3 is 1. The Morgan fingerprint density at radius 2 is 2.07 bits per heavy atom. The molecule has 0 radical (unpaired) electrons. The number of hydrogen-bond donors (Lipinski definition) is 1. The number of amides is 1. The third-order valence-electron chi connectivity index (χ3n) is 5.24. The van der Waals surface area contributed by atoms with Gasteiger partial charge in [0.2, 0.25) is 0 Å². The number of nitrogens with one attached hydrogen (secondary N) is 1. The van der Waals surface area contributed by atoms with Crippen molar-refractivity contribution >= 4 is 17.7 Å². The highest BCUT2D eigenvalue weighted by Crippen LogP contribution is 2.35. The third-order valence-corrected chi connectivity index (χ3v) is 5.24. The molecule has 1 amide bonds. The molecule has 6 nitrogen and oxygen atoms in total. The molecule has 2 aromatic carbocycles. The predicted octanol–water partition coefficient (Wildman–Crippen LogP) is 4.16. The molecule has 0 fully saturated rings. The van der Waals surface area contributed by atoms with Crippen LogP contribution >= 0.6 is 0 Å². The first-order valence-corrected chi connectivity index (χ1v) is 9.43. The Kier molecular flexibility index (Phi) is 4.24.